The summed E-state index contributed by atoms with van der Waals surface area (Å²) in [6.45, 7) is 2.37. The van der Waals surface area contributed by atoms with Gasteiger partial charge < -0.3 is 14.7 Å². The standard InChI is InChI=1S/C26H26F2N2O3/c1-18(19-3-5-20(6-4-19)21-15-24(28)17-29-16-21)30-13-12-26(11-2-14-31,33-25(30)32)22-7-9-23(27)10-8-22/h3-10,15-18,31H,2,11-14H2,1H3/t18-,26+/m0/s1. The van der Waals surface area contributed by atoms with Gasteiger partial charge in [-0.15, -0.1) is 0 Å². The lowest BCUT2D eigenvalue weighted by atomic mass is 9.84. The Morgan fingerprint density at radius 2 is 1.79 bits per heavy atom. The van der Waals surface area contributed by atoms with Crippen LogP contribution in [-0.4, -0.2) is 34.2 Å². The summed E-state index contributed by atoms with van der Waals surface area (Å²) < 4.78 is 32.9. The van der Waals surface area contributed by atoms with Gasteiger partial charge >= 0.3 is 6.09 Å². The molecule has 1 aromatic heterocycles. The Labute approximate surface area is 191 Å². The first-order chi connectivity index (χ1) is 15.9. The van der Waals surface area contributed by atoms with E-state index in [0.717, 1.165) is 22.9 Å². The number of carbonyl (C=O) groups is 1. The molecule has 0 bridgehead atoms. The molecule has 7 heteroatoms. The molecule has 2 atom stereocenters. The van der Waals surface area contributed by atoms with E-state index < -0.39 is 17.5 Å². The molecule has 0 unspecified atom stereocenters. The van der Waals surface area contributed by atoms with Crippen molar-refractivity contribution in [1.82, 2.24) is 9.88 Å². The van der Waals surface area contributed by atoms with Gasteiger partial charge in [0.15, 0.2) is 0 Å². The van der Waals surface area contributed by atoms with Crippen LogP contribution in [0.25, 0.3) is 11.1 Å². The molecule has 33 heavy (non-hydrogen) atoms. The van der Waals surface area contributed by atoms with Gasteiger partial charge in [-0.1, -0.05) is 36.4 Å². The van der Waals surface area contributed by atoms with Crippen LogP contribution in [0, 0.1) is 11.6 Å². The van der Waals surface area contributed by atoms with Crippen LogP contribution in [0.4, 0.5) is 13.6 Å². The van der Waals surface area contributed by atoms with E-state index in [1.54, 1.807) is 23.2 Å². The molecule has 1 aliphatic rings. The molecule has 0 spiro atoms. The minimum atomic E-state index is -0.891. The van der Waals surface area contributed by atoms with Gasteiger partial charge in [-0.05, 0) is 54.7 Å². The molecular formula is C26H26F2N2O3. The molecule has 5 nitrogen and oxygen atoms in total. The van der Waals surface area contributed by atoms with Crippen molar-refractivity contribution in [2.45, 2.75) is 37.8 Å². The zero-order valence-electron chi connectivity index (χ0n) is 18.4. The monoisotopic (exact) mass is 452 g/mol. The fraction of sp³-hybridized carbons (Fsp3) is 0.308. The summed E-state index contributed by atoms with van der Waals surface area (Å²) in [5, 5.41) is 9.34. The fourth-order valence-corrected chi connectivity index (χ4v) is 4.37. The van der Waals surface area contributed by atoms with Gasteiger partial charge in [0.25, 0.3) is 0 Å². The summed E-state index contributed by atoms with van der Waals surface area (Å²) in [6.07, 6.45) is 3.77. The molecule has 1 saturated heterocycles. The van der Waals surface area contributed by atoms with Crippen LogP contribution < -0.4 is 0 Å². The first-order valence-corrected chi connectivity index (χ1v) is 11.0. The number of aliphatic hydroxyl groups excluding tert-OH is 1. The van der Waals surface area contributed by atoms with Crippen LogP contribution in [0.2, 0.25) is 0 Å². The lowest BCUT2D eigenvalue weighted by Gasteiger charge is -2.43. The van der Waals surface area contributed by atoms with Gasteiger partial charge in [-0.3, -0.25) is 4.98 Å². The summed E-state index contributed by atoms with van der Waals surface area (Å²) in [6, 6.07) is 14.7. The number of aromatic nitrogens is 1. The molecule has 1 aliphatic heterocycles. The number of amides is 1. The average Bonchev–Trinajstić information content (AvgIpc) is 2.83. The highest BCUT2D eigenvalue weighted by molar-refractivity contribution is 5.70. The van der Waals surface area contributed by atoms with Gasteiger partial charge in [-0.25, -0.2) is 13.6 Å². The second-order valence-electron chi connectivity index (χ2n) is 8.33. The van der Waals surface area contributed by atoms with E-state index in [0.29, 0.717) is 31.4 Å². The van der Waals surface area contributed by atoms with Gasteiger partial charge in [0, 0.05) is 31.3 Å². The van der Waals surface area contributed by atoms with Crippen LogP contribution in [0.3, 0.4) is 0 Å². The number of hydrogen-bond acceptors (Lipinski definition) is 4. The third kappa shape index (κ3) is 4.88. The van der Waals surface area contributed by atoms with Gasteiger partial charge in [-0.2, -0.15) is 0 Å². The molecule has 0 saturated carbocycles. The maximum Gasteiger partial charge on any atom is 0.411 e. The summed E-state index contributed by atoms with van der Waals surface area (Å²) in [5.74, 6) is -0.752. The Morgan fingerprint density at radius 3 is 2.42 bits per heavy atom. The maximum atomic E-state index is 13.5. The smallest absolute Gasteiger partial charge is 0.411 e. The molecule has 0 aliphatic carbocycles. The highest BCUT2D eigenvalue weighted by Crippen LogP contribution is 2.40. The lowest BCUT2D eigenvalue weighted by molar-refractivity contribution is -0.0680. The summed E-state index contributed by atoms with van der Waals surface area (Å²) in [4.78, 5) is 18.6. The molecule has 0 radical (unpaired) electrons. The normalized spacial score (nSPS) is 19.3. The van der Waals surface area contributed by atoms with Crippen LogP contribution in [-0.2, 0) is 10.3 Å². The maximum absolute atomic E-state index is 13.5. The topological polar surface area (TPSA) is 62.7 Å². The van der Waals surface area contributed by atoms with Crippen molar-refractivity contribution in [1.29, 1.82) is 0 Å². The van der Waals surface area contributed by atoms with Crippen LogP contribution >= 0.6 is 0 Å². The van der Waals surface area contributed by atoms with Crippen molar-refractivity contribution in [3.8, 4) is 11.1 Å². The molecule has 2 aromatic carbocycles. The zero-order valence-corrected chi connectivity index (χ0v) is 18.4. The number of hydrogen-bond donors (Lipinski definition) is 1. The van der Waals surface area contributed by atoms with Crippen LogP contribution in [0.15, 0.2) is 67.0 Å². The van der Waals surface area contributed by atoms with E-state index in [-0.39, 0.29) is 18.5 Å². The number of nitrogens with zero attached hydrogens (tertiary/aromatic N) is 2. The predicted octanol–water partition coefficient (Wildman–Crippen LogP) is 5.60. The molecular weight excluding hydrogens is 426 g/mol. The quantitative estimate of drug-likeness (QED) is 0.507. The highest BCUT2D eigenvalue weighted by Gasteiger charge is 2.43. The third-order valence-electron chi connectivity index (χ3n) is 6.28. The largest absolute Gasteiger partial charge is 0.438 e. The molecule has 1 amide bonds. The lowest BCUT2D eigenvalue weighted by Crippen LogP contribution is -2.48. The Kier molecular flexibility index (Phi) is 6.70. The van der Waals surface area contributed by atoms with E-state index in [9.17, 15) is 18.7 Å². The minimum Gasteiger partial charge on any atom is -0.438 e. The summed E-state index contributed by atoms with van der Waals surface area (Å²) in [7, 11) is 0. The predicted molar refractivity (Wildman–Crippen MR) is 120 cm³/mol. The number of halogens is 2. The van der Waals surface area contributed by atoms with Crippen molar-refractivity contribution in [2.24, 2.45) is 0 Å². The molecule has 2 heterocycles. The van der Waals surface area contributed by atoms with E-state index in [4.69, 9.17) is 4.74 Å². The van der Waals surface area contributed by atoms with Gasteiger partial charge in [0.2, 0.25) is 0 Å². The minimum absolute atomic E-state index is 0.0200. The number of ether oxygens (including phenoxy) is 1. The first-order valence-electron chi connectivity index (χ1n) is 11.0. The number of aliphatic hydroxyl groups is 1. The number of carbonyl (C=O) groups excluding carboxylic acids is 1. The Bertz CT molecular complexity index is 1110. The van der Waals surface area contributed by atoms with Gasteiger partial charge in [0.05, 0.1) is 12.2 Å². The van der Waals surface area contributed by atoms with E-state index in [1.807, 2.05) is 31.2 Å². The Hall–Kier alpha value is -3.32. The van der Waals surface area contributed by atoms with Crippen molar-refractivity contribution in [3.05, 3.63) is 89.8 Å². The number of cyclic esters (lactones) is 1. The van der Waals surface area contributed by atoms with Crippen molar-refractivity contribution in [2.75, 3.05) is 13.2 Å². The fourth-order valence-electron chi connectivity index (χ4n) is 4.37. The van der Waals surface area contributed by atoms with E-state index in [1.165, 1.54) is 18.2 Å². The number of benzene rings is 2. The molecule has 172 valence electrons. The van der Waals surface area contributed by atoms with Crippen molar-refractivity contribution >= 4 is 6.09 Å². The third-order valence-corrected chi connectivity index (χ3v) is 6.28. The van der Waals surface area contributed by atoms with Crippen molar-refractivity contribution < 1.29 is 23.4 Å². The van der Waals surface area contributed by atoms with Crippen LogP contribution in [0.1, 0.15) is 43.4 Å². The van der Waals surface area contributed by atoms with Gasteiger partial charge in [0.1, 0.15) is 17.2 Å². The highest BCUT2D eigenvalue weighted by atomic mass is 19.1. The Balaban J connectivity index is 1.51. The molecule has 4 rings (SSSR count). The van der Waals surface area contributed by atoms with Crippen molar-refractivity contribution in [3.63, 3.8) is 0 Å². The molecule has 3 aromatic rings. The molecule has 1 fully saturated rings. The number of pyridine rings is 1. The second kappa shape index (κ2) is 9.67. The summed E-state index contributed by atoms with van der Waals surface area (Å²) >= 11 is 0. The zero-order chi connectivity index (χ0) is 23.4. The number of rotatable bonds is 7. The van der Waals surface area contributed by atoms with E-state index >= 15 is 0 Å². The molecule has 1 N–H and O–H groups in total. The first kappa shape index (κ1) is 22.9. The Morgan fingerprint density at radius 1 is 1.06 bits per heavy atom. The van der Waals surface area contributed by atoms with E-state index in [2.05, 4.69) is 4.98 Å². The second-order valence-corrected chi connectivity index (χ2v) is 8.33. The SMILES string of the molecule is C[C@@H](c1ccc(-c2cncc(F)c2)cc1)N1CC[C@](CCCO)(c2ccc(F)cc2)OC1=O. The van der Waals surface area contributed by atoms with Crippen LogP contribution in [0.5, 0.6) is 0 Å². The average molecular weight is 453 g/mol. The summed E-state index contributed by atoms with van der Waals surface area (Å²) in [5.41, 5.74) is 2.27.